The van der Waals surface area contributed by atoms with Crippen LogP contribution >= 0.6 is 0 Å². The Morgan fingerprint density at radius 2 is 1.62 bits per heavy atom. The van der Waals surface area contributed by atoms with Crippen molar-refractivity contribution in [2.45, 2.75) is 56.9 Å². The number of rotatable bonds is 5. The highest BCUT2D eigenvalue weighted by molar-refractivity contribution is 6.90. The third kappa shape index (κ3) is 4.35. The van der Waals surface area contributed by atoms with Crippen LogP contribution in [0.25, 0.3) is 0 Å². The van der Waals surface area contributed by atoms with Crippen LogP contribution in [0, 0.1) is 5.82 Å². The molecule has 1 unspecified atom stereocenters. The second kappa shape index (κ2) is 8.41. The first-order valence-corrected chi connectivity index (χ1v) is 11.7. The van der Waals surface area contributed by atoms with Crippen LogP contribution in [0.2, 0.25) is 5.54 Å². The molecular weight excluding hydrogens is 317 g/mol. The van der Waals surface area contributed by atoms with Crippen LogP contribution in [-0.2, 0) is 0 Å². The number of hydrogen-bond donors (Lipinski definition) is 1. The molecule has 3 rings (SSSR count). The lowest BCUT2D eigenvalue weighted by molar-refractivity contribution is 0.251. The van der Waals surface area contributed by atoms with Crippen molar-refractivity contribution in [2.24, 2.45) is 0 Å². The zero-order valence-corrected chi connectivity index (χ0v) is 15.6. The summed E-state index contributed by atoms with van der Waals surface area (Å²) in [6.45, 7) is 3.28. The van der Waals surface area contributed by atoms with Crippen molar-refractivity contribution in [1.29, 1.82) is 0 Å². The zero-order chi connectivity index (χ0) is 16.8. The van der Waals surface area contributed by atoms with Gasteiger partial charge in [0.2, 0.25) is 8.32 Å². The van der Waals surface area contributed by atoms with Crippen molar-refractivity contribution >= 4 is 13.5 Å². The molecule has 132 valence electrons. The van der Waals surface area contributed by atoms with Crippen LogP contribution < -0.4 is 5.19 Å². The molecule has 1 aliphatic carbocycles. The van der Waals surface area contributed by atoms with Gasteiger partial charge in [0.25, 0.3) is 0 Å². The van der Waals surface area contributed by atoms with Gasteiger partial charge in [0.15, 0.2) is 0 Å². The van der Waals surface area contributed by atoms with Crippen LogP contribution in [0.1, 0.15) is 51.4 Å². The average molecular weight is 348 g/mol. The minimum absolute atomic E-state index is 0.226. The molecule has 0 radical (unpaired) electrons. The van der Waals surface area contributed by atoms with Crippen LogP contribution in [0.5, 0.6) is 0 Å². The van der Waals surface area contributed by atoms with E-state index in [0.717, 1.165) is 24.6 Å². The standard InChI is InChI=1S/C20H30FNOSi/c21-18-10-12-20(13-11-18)24(23,19-8-3-1-4-9-19)17-7-16-22-14-5-2-6-15-22/h7,10-13,17,19,23H,1-6,8-9,14-16H2/b17-7+. The Labute approximate surface area is 146 Å². The van der Waals surface area contributed by atoms with Gasteiger partial charge in [-0.25, -0.2) is 4.39 Å². The molecule has 1 saturated carbocycles. The molecule has 1 heterocycles. The maximum absolute atomic E-state index is 13.3. The lowest BCUT2D eigenvalue weighted by atomic mass is 10.0. The molecule has 1 aliphatic heterocycles. The van der Waals surface area contributed by atoms with E-state index in [1.54, 1.807) is 12.1 Å². The molecule has 0 bridgehead atoms. The molecule has 1 aromatic rings. The molecule has 4 heteroatoms. The Morgan fingerprint density at radius 1 is 1.00 bits per heavy atom. The summed E-state index contributed by atoms with van der Waals surface area (Å²) in [5.41, 5.74) is 2.50. The summed E-state index contributed by atoms with van der Waals surface area (Å²) in [5, 5.41) is 0.964. The van der Waals surface area contributed by atoms with Crippen molar-refractivity contribution in [3.63, 3.8) is 0 Å². The maximum atomic E-state index is 13.3. The highest BCUT2D eigenvalue weighted by Gasteiger charge is 2.40. The van der Waals surface area contributed by atoms with E-state index in [1.807, 2.05) is 0 Å². The Bertz CT molecular complexity index is 535. The van der Waals surface area contributed by atoms with E-state index in [-0.39, 0.29) is 5.82 Å². The fraction of sp³-hybridized carbons (Fsp3) is 0.600. The van der Waals surface area contributed by atoms with Gasteiger partial charge in [-0.1, -0.05) is 62.4 Å². The van der Waals surface area contributed by atoms with Gasteiger partial charge in [-0.05, 0) is 48.8 Å². The number of nitrogens with zero attached hydrogens (tertiary/aromatic N) is 1. The smallest absolute Gasteiger partial charge is 0.248 e. The summed E-state index contributed by atoms with van der Waals surface area (Å²) in [5.74, 6) is -0.226. The average Bonchev–Trinajstić information content (AvgIpc) is 2.64. The van der Waals surface area contributed by atoms with Crippen LogP contribution in [0.15, 0.2) is 36.0 Å². The lowest BCUT2D eigenvalue weighted by Crippen LogP contribution is -2.51. The van der Waals surface area contributed by atoms with Crippen molar-refractivity contribution in [1.82, 2.24) is 4.90 Å². The zero-order valence-electron chi connectivity index (χ0n) is 14.6. The van der Waals surface area contributed by atoms with E-state index in [4.69, 9.17) is 0 Å². The molecule has 1 N–H and O–H groups in total. The van der Waals surface area contributed by atoms with Gasteiger partial charge in [-0.3, -0.25) is 4.90 Å². The molecule has 24 heavy (non-hydrogen) atoms. The lowest BCUT2D eigenvalue weighted by Gasteiger charge is -2.34. The van der Waals surface area contributed by atoms with Crippen LogP contribution in [0.3, 0.4) is 0 Å². The van der Waals surface area contributed by atoms with Crippen molar-refractivity contribution < 1.29 is 9.19 Å². The third-order valence-corrected chi connectivity index (χ3v) is 9.54. The molecule has 2 aliphatic rings. The van der Waals surface area contributed by atoms with E-state index < -0.39 is 8.32 Å². The van der Waals surface area contributed by atoms with Crippen LogP contribution in [-0.4, -0.2) is 37.6 Å². The predicted molar refractivity (Wildman–Crippen MR) is 100 cm³/mol. The highest BCUT2D eigenvalue weighted by atomic mass is 28.4. The van der Waals surface area contributed by atoms with Crippen molar-refractivity contribution in [2.75, 3.05) is 19.6 Å². The van der Waals surface area contributed by atoms with Gasteiger partial charge < -0.3 is 4.80 Å². The second-order valence-electron chi connectivity index (χ2n) is 7.43. The molecule has 0 spiro atoms. The van der Waals surface area contributed by atoms with Gasteiger partial charge in [-0.2, -0.15) is 0 Å². The minimum atomic E-state index is -2.71. The van der Waals surface area contributed by atoms with E-state index in [1.165, 1.54) is 63.7 Å². The molecular formula is C20H30FNOSi. The molecule has 0 amide bonds. The summed E-state index contributed by atoms with van der Waals surface area (Å²) < 4.78 is 13.3. The Kier molecular flexibility index (Phi) is 6.25. The quantitative estimate of drug-likeness (QED) is 0.817. The normalized spacial score (nSPS) is 23.4. The maximum Gasteiger partial charge on any atom is 0.248 e. The summed E-state index contributed by atoms with van der Waals surface area (Å²) in [6.07, 6.45) is 12.0. The van der Waals surface area contributed by atoms with E-state index in [2.05, 4.69) is 16.7 Å². The summed E-state index contributed by atoms with van der Waals surface area (Å²) in [7, 11) is -2.71. The van der Waals surface area contributed by atoms with Gasteiger partial charge >= 0.3 is 0 Å². The van der Waals surface area contributed by atoms with Gasteiger partial charge in [0, 0.05) is 6.54 Å². The number of likely N-dealkylation sites (tertiary alicyclic amines) is 1. The minimum Gasteiger partial charge on any atom is -0.424 e. The monoisotopic (exact) mass is 347 g/mol. The topological polar surface area (TPSA) is 23.5 Å². The van der Waals surface area contributed by atoms with Gasteiger partial charge in [0.05, 0.1) is 0 Å². The third-order valence-electron chi connectivity index (χ3n) is 5.72. The van der Waals surface area contributed by atoms with Gasteiger partial charge in [-0.15, -0.1) is 0 Å². The van der Waals surface area contributed by atoms with E-state index in [0.29, 0.717) is 5.54 Å². The summed E-state index contributed by atoms with van der Waals surface area (Å²) >= 11 is 0. The first-order chi connectivity index (χ1) is 11.7. The van der Waals surface area contributed by atoms with Crippen LogP contribution in [0.4, 0.5) is 4.39 Å². The Balaban J connectivity index is 1.76. The number of hydrogen-bond acceptors (Lipinski definition) is 2. The summed E-state index contributed by atoms with van der Waals surface area (Å²) in [4.78, 5) is 14.1. The van der Waals surface area contributed by atoms with Gasteiger partial charge in [0.1, 0.15) is 5.82 Å². The first kappa shape index (κ1) is 17.8. The largest absolute Gasteiger partial charge is 0.424 e. The van der Waals surface area contributed by atoms with Crippen molar-refractivity contribution in [3.05, 3.63) is 41.9 Å². The molecule has 1 saturated heterocycles. The highest BCUT2D eigenvalue weighted by Crippen LogP contribution is 2.36. The predicted octanol–water partition coefficient (Wildman–Crippen LogP) is 3.89. The molecule has 0 aromatic heterocycles. The second-order valence-corrected chi connectivity index (χ2v) is 10.8. The fourth-order valence-corrected chi connectivity index (χ4v) is 7.64. The Morgan fingerprint density at radius 3 is 2.29 bits per heavy atom. The van der Waals surface area contributed by atoms with Crippen molar-refractivity contribution in [3.8, 4) is 0 Å². The first-order valence-electron chi connectivity index (χ1n) is 9.57. The van der Waals surface area contributed by atoms with E-state index in [9.17, 15) is 9.19 Å². The molecule has 2 nitrogen and oxygen atoms in total. The summed E-state index contributed by atoms with van der Waals surface area (Å²) in [6, 6.07) is 6.60. The molecule has 1 aromatic carbocycles. The van der Waals surface area contributed by atoms with E-state index >= 15 is 0 Å². The Hall–Kier alpha value is -0.973. The molecule has 2 fully saturated rings. The number of piperidine rings is 1. The number of benzene rings is 1. The number of halogens is 1. The fourth-order valence-electron chi connectivity index (χ4n) is 4.25. The SMILES string of the molecule is O[Si](/C=C/CN1CCCCC1)(c1ccc(F)cc1)C1CCCCC1. The molecule has 1 atom stereocenters.